The first kappa shape index (κ1) is 22.7. The van der Waals surface area contributed by atoms with Gasteiger partial charge >= 0.3 is 40.2 Å². The summed E-state index contributed by atoms with van der Waals surface area (Å²) in [7, 11) is -9.93. The van der Waals surface area contributed by atoms with Crippen molar-refractivity contribution in [3.63, 3.8) is 0 Å². The van der Waals surface area contributed by atoms with Gasteiger partial charge in [-0.25, -0.2) is 4.79 Å². The molecule has 0 aromatic heterocycles. The molecule has 10 heteroatoms. The molecule has 0 amide bonds. The SMILES string of the molecule is CCC(c1ccc(C(=O)O)cc1)[Si]1(C)O[Si](C)(C)O[Si](C)(C)O[Si](C)(C)O1. The second-order valence-corrected chi connectivity index (χ2v) is 22.9. The second kappa shape index (κ2) is 7.67. The molecule has 1 aliphatic heterocycles. The fourth-order valence-electron chi connectivity index (χ4n) is 4.15. The van der Waals surface area contributed by atoms with Gasteiger partial charge in [-0.15, -0.1) is 0 Å². The Morgan fingerprint density at radius 3 is 1.63 bits per heavy atom. The third kappa shape index (κ3) is 5.70. The summed E-state index contributed by atoms with van der Waals surface area (Å²) >= 11 is 0. The molecule has 6 nitrogen and oxygen atoms in total. The topological polar surface area (TPSA) is 74.2 Å². The molecule has 1 fully saturated rings. The molecule has 27 heavy (non-hydrogen) atoms. The average Bonchev–Trinajstić information content (AvgIpc) is 2.42. The van der Waals surface area contributed by atoms with E-state index in [1.807, 2.05) is 12.1 Å². The van der Waals surface area contributed by atoms with Gasteiger partial charge in [0.1, 0.15) is 0 Å². The molecule has 1 aliphatic rings. The van der Waals surface area contributed by atoms with E-state index in [4.69, 9.17) is 21.6 Å². The summed E-state index contributed by atoms with van der Waals surface area (Å²) in [5.74, 6) is -0.924. The highest BCUT2D eigenvalue weighted by Crippen LogP contribution is 2.39. The molecule has 0 spiro atoms. The van der Waals surface area contributed by atoms with Gasteiger partial charge in [0.25, 0.3) is 0 Å². The van der Waals surface area contributed by atoms with Gasteiger partial charge in [0.05, 0.1) is 5.56 Å². The van der Waals surface area contributed by atoms with Crippen LogP contribution in [0.5, 0.6) is 0 Å². The molecular weight excluding hydrogens is 413 g/mol. The summed E-state index contributed by atoms with van der Waals surface area (Å²) in [6, 6.07) is 7.06. The van der Waals surface area contributed by atoms with E-state index >= 15 is 0 Å². The molecule has 0 radical (unpaired) electrons. The Morgan fingerprint density at radius 1 is 0.852 bits per heavy atom. The van der Waals surface area contributed by atoms with Gasteiger partial charge in [-0.3, -0.25) is 0 Å². The molecular formula is C17H32O6Si4. The lowest BCUT2D eigenvalue weighted by Crippen LogP contribution is -2.66. The molecule has 2 rings (SSSR count). The number of carbonyl (C=O) groups is 1. The van der Waals surface area contributed by atoms with Crippen LogP contribution in [-0.2, 0) is 16.5 Å². The summed E-state index contributed by atoms with van der Waals surface area (Å²) in [6.07, 6.45) is 0.838. The van der Waals surface area contributed by atoms with Crippen molar-refractivity contribution in [3.8, 4) is 0 Å². The maximum Gasteiger partial charge on any atom is 0.335 e. The van der Waals surface area contributed by atoms with Crippen molar-refractivity contribution in [2.75, 3.05) is 0 Å². The van der Waals surface area contributed by atoms with Crippen LogP contribution >= 0.6 is 0 Å². The molecule has 1 atom stereocenters. The third-order valence-corrected chi connectivity index (χ3v) is 21.5. The Kier molecular flexibility index (Phi) is 6.44. The fourth-order valence-corrected chi connectivity index (χ4v) is 26.3. The highest BCUT2D eigenvalue weighted by Gasteiger charge is 2.55. The minimum atomic E-state index is -2.72. The maximum atomic E-state index is 11.2. The predicted molar refractivity (Wildman–Crippen MR) is 115 cm³/mol. The molecule has 1 aromatic carbocycles. The first-order valence-electron chi connectivity index (χ1n) is 9.32. The van der Waals surface area contributed by atoms with Crippen LogP contribution in [0.25, 0.3) is 0 Å². The smallest absolute Gasteiger partial charge is 0.335 e. The molecule has 1 aromatic rings. The quantitative estimate of drug-likeness (QED) is 0.680. The van der Waals surface area contributed by atoms with E-state index in [1.54, 1.807) is 12.1 Å². The number of hydrogen-bond donors (Lipinski definition) is 1. The van der Waals surface area contributed by atoms with Crippen LogP contribution in [0.4, 0.5) is 0 Å². The van der Waals surface area contributed by atoms with E-state index in [9.17, 15) is 4.79 Å². The van der Waals surface area contributed by atoms with Crippen molar-refractivity contribution in [2.24, 2.45) is 0 Å². The van der Waals surface area contributed by atoms with Gasteiger partial charge in [-0.05, 0) is 69.9 Å². The normalized spacial score (nSPS) is 24.4. The van der Waals surface area contributed by atoms with Crippen molar-refractivity contribution in [1.82, 2.24) is 0 Å². The van der Waals surface area contributed by atoms with Crippen LogP contribution in [0.3, 0.4) is 0 Å². The summed E-state index contributed by atoms with van der Waals surface area (Å²) in [5, 5.41) is 9.17. The monoisotopic (exact) mass is 444 g/mol. The van der Waals surface area contributed by atoms with Gasteiger partial charge in [-0.1, -0.05) is 19.1 Å². The maximum absolute atomic E-state index is 11.2. The van der Waals surface area contributed by atoms with Crippen molar-refractivity contribution in [2.45, 2.75) is 64.7 Å². The van der Waals surface area contributed by atoms with Gasteiger partial charge < -0.3 is 21.6 Å². The van der Waals surface area contributed by atoms with E-state index in [0.29, 0.717) is 0 Å². The highest BCUT2D eigenvalue weighted by atomic mass is 28.5. The molecule has 0 bridgehead atoms. The molecule has 1 heterocycles. The zero-order valence-corrected chi connectivity index (χ0v) is 21.6. The van der Waals surface area contributed by atoms with Crippen LogP contribution in [0, 0.1) is 0 Å². The first-order chi connectivity index (χ1) is 12.2. The average molecular weight is 445 g/mol. The largest absolute Gasteiger partial charge is 0.478 e. The first-order valence-corrected chi connectivity index (χ1v) is 20.2. The van der Waals surface area contributed by atoms with Crippen molar-refractivity contribution < 1.29 is 26.4 Å². The van der Waals surface area contributed by atoms with Crippen LogP contribution in [0.1, 0.15) is 34.8 Å². The number of aromatic carboxylic acids is 1. The van der Waals surface area contributed by atoms with Crippen LogP contribution in [0.15, 0.2) is 24.3 Å². The molecule has 0 saturated carbocycles. The summed E-state index contributed by atoms with van der Waals surface area (Å²) < 4.78 is 26.3. The van der Waals surface area contributed by atoms with Gasteiger partial charge in [0, 0.05) is 5.54 Å². The lowest BCUT2D eigenvalue weighted by molar-refractivity contribution is 0.0696. The molecule has 1 N–H and O–H groups in total. The third-order valence-electron chi connectivity index (χ3n) is 4.48. The Hall–Kier alpha value is -0.602. The van der Waals surface area contributed by atoms with Crippen LogP contribution in [0.2, 0.25) is 45.8 Å². The summed E-state index contributed by atoms with van der Waals surface area (Å²) in [4.78, 5) is 11.2. The Morgan fingerprint density at radius 2 is 1.26 bits per heavy atom. The zero-order valence-electron chi connectivity index (χ0n) is 17.6. The predicted octanol–water partition coefficient (Wildman–Crippen LogP) is 4.68. The Bertz CT molecular complexity index is 667. The number of benzene rings is 1. The van der Waals surface area contributed by atoms with E-state index in [-0.39, 0.29) is 11.1 Å². The second-order valence-electron chi connectivity index (χ2n) is 8.51. The molecule has 1 saturated heterocycles. The molecule has 0 aliphatic carbocycles. The molecule has 1 unspecified atom stereocenters. The fraction of sp³-hybridized carbons (Fsp3) is 0.588. The van der Waals surface area contributed by atoms with E-state index < -0.39 is 40.2 Å². The summed E-state index contributed by atoms with van der Waals surface area (Å²) in [5.41, 5.74) is 1.39. The lowest BCUT2D eigenvalue weighted by atomic mass is 10.1. The van der Waals surface area contributed by atoms with Crippen molar-refractivity contribution >= 4 is 40.2 Å². The lowest BCUT2D eigenvalue weighted by Gasteiger charge is -2.49. The van der Waals surface area contributed by atoms with E-state index in [0.717, 1.165) is 12.0 Å². The Labute approximate surface area is 166 Å². The standard InChI is InChI=1S/C17H32O6Si4/c1-9-16(14-10-12-15(13-11-14)17(18)19)27(8)22-25(4,5)20-24(2,3)21-26(6,7)23-27/h10-13,16H,9H2,1-8H3,(H,18,19). The zero-order chi connectivity index (χ0) is 20.7. The number of carboxylic acid groups (broad SMARTS) is 1. The van der Waals surface area contributed by atoms with E-state index in [1.165, 1.54) is 0 Å². The Balaban J connectivity index is 2.44. The minimum absolute atomic E-state index is 0.0639. The number of carboxylic acids is 1. The van der Waals surface area contributed by atoms with Gasteiger partial charge in [0.2, 0.25) is 0 Å². The van der Waals surface area contributed by atoms with Crippen molar-refractivity contribution in [1.29, 1.82) is 0 Å². The van der Waals surface area contributed by atoms with Gasteiger partial charge in [-0.2, -0.15) is 0 Å². The number of rotatable bonds is 4. The minimum Gasteiger partial charge on any atom is -0.478 e. The van der Waals surface area contributed by atoms with Crippen LogP contribution in [-0.4, -0.2) is 45.3 Å². The van der Waals surface area contributed by atoms with E-state index in [2.05, 4.69) is 52.8 Å². The highest BCUT2D eigenvalue weighted by molar-refractivity contribution is 6.93. The van der Waals surface area contributed by atoms with Gasteiger partial charge in [0.15, 0.2) is 0 Å². The molecule has 152 valence electrons. The van der Waals surface area contributed by atoms with Crippen LogP contribution < -0.4 is 0 Å². The van der Waals surface area contributed by atoms with Crippen molar-refractivity contribution in [3.05, 3.63) is 35.4 Å². The summed E-state index contributed by atoms with van der Waals surface area (Å²) in [6.45, 7) is 16.5. The number of hydrogen-bond acceptors (Lipinski definition) is 5.